The van der Waals surface area contributed by atoms with Crippen LogP contribution in [0.25, 0.3) is 11.8 Å². The van der Waals surface area contributed by atoms with Crippen LogP contribution in [-0.2, 0) is 4.79 Å². The molecule has 0 unspecified atom stereocenters. The van der Waals surface area contributed by atoms with Gasteiger partial charge in [0.15, 0.2) is 0 Å². The molecule has 2 heterocycles. The van der Waals surface area contributed by atoms with Gasteiger partial charge in [-0.15, -0.1) is 0 Å². The number of carbonyl (C=O) groups excluding carboxylic acids is 1. The Balaban J connectivity index is 2.11. The molecule has 1 aliphatic heterocycles. The van der Waals surface area contributed by atoms with Crippen molar-refractivity contribution in [1.29, 1.82) is 0 Å². The maximum Gasteiger partial charge on any atom is 0.263 e. The molecule has 3 rings (SSSR count). The van der Waals surface area contributed by atoms with Gasteiger partial charge in [-0.3, -0.25) is 4.79 Å². The van der Waals surface area contributed by atoms with Gasteiger partial charge in [0.05, 0.1) is 4.91 Å². The summed E-state index contributed by atoms with van der Waals surface area (Å²) in [6, 6.07) is 7.94. The van der Waals surface area contributed by atoms with Gasteiger partial charge in [0.1, 0.15) is 4.32 Å². The topological polar surface area (TPSA) is 34.0 Å². The highest BCUT2D eigenvalue weighted by molar-refractivity contribution is 8.26. The maximum absolute atomic E-state index is 11.8. The van der Waals surface area contributed by atoms with Gasteiger partial charge >= 0.3 is 0 Å². The van der Waals surface area contributed by atoms with E-state index in [9.17, 15) is 4.79 Å². The number of carbonyl (C=O) groups is 1. The summed E-state index contributed by atoms with van der Waals surface area (Å²) in [5.41, 5.74) is 5.24. The molecule has 0 spiro atoms. The molecule has 0 bridgehead atoms. The number of hydrogen-bond donors (Lipinski definition) is 1. The fraction of sp³-hybridized carbons (Fsp3) is 0.176. The molecule has 1 aromatic heterocycles. The average molecular weight is 363 g/mol. The number of rotatable bonds is 2. The number of hydrogen-bond acceptors (Lipinski definition) is 3. The number of aromatic nitrogens is 1. The Hall–Kier alpha value is -1.56. The lowest BCUT2D eigenvalue weighted by Crippen LogP contribution is -2.17. The Morgan fingerprint density at radius 3 is 2.70 bits per heavy atom. The number of thioether (sulfide) groups is 1. The number of thiocarbonyl (C=S) groups is 1. The van der Waals surface area contributed by atoms with Crippen molar-refractivity contribution in [2.24, 2.45) is 0 Å². The van der Waals surface area contributed by atoms with Gasteiger partial charge in [0, 0.05) is 22.1 Å². The zero-order chi connectivity index (χ0) is 16.7. The predicted molar refractivity (Wildman–Crippen MR) is 101 cm³/mol. The normalized spacial score (nSPS) is 16.3. The van der Waals surface area contributed by atoms with Crippen LogP contribution in [0, 0.1) is 20.8 Å². The second kappa shape index (κ2) is 6.15. The van der Waals surface area contributed by atoms with Crippen molar-refractivity contribution in [3.63, 3.8) is 0 Å². The maximum atomic E-state index is 11.8. The van der Waals surface area contributed by atoms with Crippen LogP contribution in [0.3, 0.4) is 0 Å². The lowest BCUT2D eigenvalue weighted by molar-refractivity contribution is -0.115. The molecule has 1 fully saturated rings. The van der Waals surface area contributed by atoms with Gasteiger partial charge in [-0.05, 0) is 56.2 Å². The molecule has 23 heavy (non-hydrogen) atoms. The van der Waals surface area contributed by atoms with E-state index in [-0.39, 0.29) is 5.91 Å². The molecule has 0 aliphatic carbocycles. The fourth-order valence-electron chi connectivity index (χ4n) is 2.71. The number of nitrogens with zero attached hydrogens (tertiary/aromatic N) is 1. The highest BCUT2D eigenvalue weighted by atomic mass is 35.5. The first-order valence-electron chi connectivity index (χ1n) is 7.08. The number of nitrogens with one attached hydrogen (secondary N) is 1. The molecule has 6 heteroatoms. The van der Waals surface area contributed by atoms with Crippen LogP contribution in [0.2, 0.25) is 5.02 Å². The minimum atomic E-state index is -0.135. The molecule has 3 nitrogen and oxygen atoms in total. The molecule has 0 atom stereocenters. The number of benzene rings is 1. The van der Waals surface area contributed by atoms with Crippen LogP contribution in [0.4, 0.5) is 0 Å². The van der Waals surface area contributed by atoms with Crippen LogP contribution >= 0.6 is 35.6 Å². The Bertz CT molecular complexity index is 868. The van der Waals surface area contributed by atoms with E-state index in [2.05, 4.69) is 16.0 Å². The SMILES string of the molecule is Cc1c(Cl)cccc1-n1c(C)cc(/C=C2\SC(=S)NC2=O)c1C. The van der Waals surface area contributed by atoms with Crippen molar-refractivity contribution in [3.05, 3.63) is 56.7 Å². The summed E-state index contributed by atoms with van der Waals surface area (Å²) in [7, 11) is 0. The van der Waals surface area contributed by atoms with Crippen molar-refractivity contribution in [3.8, 4) is 5.69 Å². The van der Waals surface area contributed by atoms with Gasteiger partial charge in [-0.1, -0.05) is 41.6 Å². The molecule has 0 radical (unpaired) electrons. The van der Waals surface area contributed by atoms with E-state index in [1.165, 1.54) is 11.8 Å². The first-order valence-corrected chi connectivity index (χ1v) is 8.68. The van der Waals surface area contributed by atoms with E-state index in [0.717, 1.165) is 33.2 Å². The van der Waals surface area contributed by atoms with E-state index >= 15 is 0 Å². The van der Waals surface area contributed by atoms with E-state index in [1.807, 2.05) is 45.0 Å². The smallest absolute Gasteiger partial charge is 0.263 e. The summed E-state index contributed by atoms with van der Waals surface area (Å²) < 4.78 is 2.66. The van der Waals surface area contributed by atoms with Crippen molar-refractivity contribution in [2.45, 2.75) is 20.8 Å². The standard InChI is InChI=1S/C17H15ClN2OS2/c1-9-7-12(8-15-16(21)19-17(22)23-15)11(3)20(9)14-6-4-5-13(18)10(14)2/h4-8H,1-3H3,(H,19,21,22)/b15-8-. The molecule has 118 valence electrons. The van der Waals surface area contributed by atoms with Crippen molar-refractivity contribution < 1.29 is 4.79 Å². The highest BCUT2D eigenvalue weighted by Crippen LogP contribution is 2.31. The molecule has 2 aromatic rings. The Morgan fingerprint density at radius 2 is 2.04 bits per heavy atom. The fourth-order valence-corrected chi connectivity index (χ4v) is 3.91. The monoisotopic (exact) mass is 362 g/mol. The molecule has 1 amide bonds. The number of aryl methyl sites for hydroxylation is 1. The predicted octanol–water partition coefficient (Wildman–Crippen LogP) is 4.54. The van der Waals surface area contributed by atoms with E-state index in [1.54, 1.807) is 0 Å². The summed E-state index contributed by atoms with van der Waals surface area (Å²) >= 11 is 12.6. The number of amides is 1. The van der Waals surface area contributed by atoms with Crippen LogP contribution in [0.1, 0.15) is 22.5 Å². The van der Waals surface area contributed by atoms with Crippen LogP contribution < -0.4 is 5.32 Å². The van der Waals surface area contributed by atoms with Gasteiger partial charge in [-0.2, -0.15) is 0 Å². The van der Waals surface area contributed by atoms with E-state index in [4.69, 9.17) is 23.8 Å². The molecular formula is C17H15ClN2OS2. The molecule has 1 N–H and O–H groups in total. The van der Waals surface area contributed by atoms with E-state index < -0.39 is 0 Å². The largest absolute Gasteiger partial charge is 0.318 e. The minimum absolute atomic E-state index is 0.135. The zero-order valence-corrected chi connectivity index (χ0v) is 15.3. The molecule has 1 saturated heterocycles. The molecule has 0 saturated carbocycles. The summed E-state index contributed by atoms with van der Waals surface area (Å²) in [5.74, 6) is -0.135. The molecule has 1 aromatic carbocycles. The lowest BCUT2D eigenvalue weighted by atomic mass is 10.2. The van der Waals surface area contributed by atoms with Crippen molar-refractivity contribution in [2.75, 3.05) is 0 Å². The lowest BCUT2D eigenvalue weighted by Gasteiger charge is -2.13. The summed E-state index contributed by atoms with van der Waals surface area (Å²) in [4.78, 5) is 12.5. The number of halogens is 1. The third-order valence-corrected chi connectivity index (χ3v) is 5.45. The van der Waals surface area contributed by atoms with Gasteiger partial charge < -0.3 is 9.88 Å². The minimum Gasteiger partial charge on any atom is -0.318 e. The first-order chi connectivity index (χ1) is 10.9. The van der Waals surface area contributed by atoms with Gasteiger partial charge in [0.25, 0.3) is 5.91 Å². The van der Waals surface area contributed by atoms with E-state index in [0.29, 0.717) is 9.23 Å². The van der Waals surface area contributed by atoms with Gasteiger partial charge in [-0.25, -0.2) is 0 Å². The summed E-state index contributed by atoms with van der Waals surface area (Å²) in [6.45, 7) is 6.09. The summed E-state index contributed by atoms with van der Waals surface area (Å²) in [6.07, 6.45) is 1.89. The Labute approximate surface area is 149 Å². The van der Waals surface area contributed by atoms with Crippen LogP contribution in [-0.4, -0.2) is 14.8 Å². The first kappa shape index (κ1) is 16.3. The Morgan fingerprint density at radius 1 is 1.30 bits per heavy atom. The highest BCUT2D eigenvalue weighted by Gasteiger charge is 2.23. The third-order valence-electron chi connectivity index (χ3n) is 3.88. The van der Waals surface area contributed by atoms with Gasteiger partial charge in [0.2, 0.25) is 0 Å². The second-order valence-electron chi connectivity index (χ2n) is 5.40. The van der Waals surface area contributed by atoms with Crippen LogP contribution in [0.15, 0.2) is 29.2 Å². The average Bonchev–Trinajstić information content (AvgIpc) is 2.94. The quantitative estimate of drug-likeness (QED) is 0.628. The Kier molecular flexibility index (Phi) is 4.36. The molecular weight excluding hydrogens is 348 g/mol. The zero-order valence-electron chi connectivity index (χ0n) is 12.9. The van der Waals surface area contributed by atoms with Crippen molar-refractivity contribution >= 4 is 51.9 Å². The summed E-state index contributed by atoms with van der Waals surface area (Å²) in [5, 5.41) is 3.38. The van der Waals surface area contributed by atoms with Crippen molar-refractivity contribution in [1.82, 2.24) is 9.88 Å². The molecule has 1 aliphatic rings. The third kappa shape index (κ3) is 2.96. The van der Waals surface area contributed by atoms with Crippen LogP contribution in [0.5, 0.6) is 0 Å². The second-order valence-corrected chi connectivity index (χ2v) is 7.52.